The number of fused-ring (bicyclic) bond motifs is 2. The van der Waals surface area contributed by atoms with Gasteiger partial charge in [0.05, 0.1) is 11.2 Å². The Balaban J connectivity index is 1.33. The van der Waals surface area contributed by atoms with E-state index in [0.717, 1.165) is 16.8 Å². The van der Waals surface area contributed by atoms with Crippen molar-refractivity contribution in [2.45, 2.75) is 31.1 Å². The summed E-state index contributed by atoms with van der Waals surface area (Å²) in [6.45, 7) is 1.83. The van der Waals surface area contributed by atoms with Crippen LogP contribution in [0.15, 0.2) is 66.7 Å². The molecule has 1 fully saturated rings. The molecule has 5 nitrogen and oxygen atoms in total. The van der Waals surface area contributed by atoms with Crippen LogP contribution >= 0.6 is 0 Å². The highest BCUT2D eigenvalue weighted by atomic mass is 19.4. The molecule has 0 bridgehead atoms. The predicted molar refractivity (Wildman–Crippen MR) is 126 cm³/mol. The van der Waals surface area contributed by atoms with Crippen LogP contribution in [0.4, 0.5) is 13.2 Å². The van der Waals surface area contributed by atoms with Crippen molar-refractivity contribution in [2.75, 3.05) is 26.7 Å². The van der Waals surface area contributed by atoms with E-state index in [-0.39, 0.29) is 11.6 Å². The van der Waals surface area contributed by atoms with Crippen LogP contribution in [0.3, 0.4) is 0 Å². The number of hydrogen-bond acceptors (Lipinski definition) is 3. The number of piperidine rings is 1. The number of hydrogen-bond donors (Lipinski definition) is 0. The van der Waals surface area contributed by atoms with Gasteiger partial charge < -0.3 is 9.47 Å². The Morgan fingerprint density at radius 2 is 1.43 bits per heavy atom. The summed E-state index contributed by atoms with van der Waals surface area (Å²) >= 11 is 0. The van der Waals surface area contributed by atoms with E-state index in [9.17, 15) is 22.8 Å². The number of Topliss-reactive ketones (excluding diaryl/α,β-unsaturated/α-hetero) is 1. The first-order valence-electron chi connectivity index (χ1n) is 11.7. The molecule has 2 aliphatic rings. The SMILES string of the molecule is CN1CCn2c(C(=O)C(F)(F)F)ccc2C12CCN(C(=O)c1ccc(-c3ccccc3)cc1)CC2. The maximum atomic E-state index is 13.2. The van der Waals surface area contributed by atoms with Gasteiger partial charge in [0.15, 0.2) is 0 Å². The third kappa shape index (κ3) is 4.05. The van der Waals surface area contributed by atoms with Crippen molar-refractivity contribution in [1.29, 1.82) is 0 Å². The van der Waals surface area contributed by atoms with Crippen molar-refractivity contribution in [3.8, 4) is 11.1 Å². The second-order valence-corrected chi connectivity index (χ2v) is 9.27. The number of benzene rings is 2. The molecule has 0 N–H and O–H groups in total. The van der Waals surface area contributed by atoms with E-state index in [1.165, 1.54) is 10.6 Å². The van der Waals surface area contributed by atoms with Crippen LogP contribution < -0.4 is 0 Å². The largest absolute Gasteiger partial charge is 0.456 e. The summed E-state index contributed by atoms with van der Waals surface area (Å²) < 4.78 is 40.8. The zero-order chi connectivity index (χ0) is 24.8. The Labute approximate surface area is 201 Å². The molecule has 182 valence electrons. The molecule has 35 heavy (non-hydrogen) atoms. The van der Waals surface area contributed by atoms with E-state index in [4.69, 9.17) is 0 Å². The number of rotatable bonds is 3. The topological polar surface area (TPSA) is 45.6 Å². The Hall–Kier alpha value is -3.39. The second-order valence-electron chi connectivity index (χ2n) is 9.27. The van der Waals surface area contributed by atoms with E-state index in [2.05, 4.69) is 4.90 Å². The van der Waals surface area contributed by atoms with Crippen LogP contribution in [0.1, 0.15) is 39.4 Å². The monoisotopic (exact) mass is 481 g/mol. The fourth-order valence-electron chi connectivity index (χ4n) is 5.45. The van der Waals surface area contributed by atoms with E-state index >= 15 is 0 Å². The molecule has 0 aliphatic carbocycles. The van der Waals surface area contributed by atoms with E-state index in [0.29, 0.717) is 44.6 Å². The lowest BCUT2D eigenvalue weighted by Crippen LogP contribution is -2.56. The zero-order valence-corrected chi connectivity index (χ0v) is 19.4. The molecule has 1 saturated heterocycles. The second kappa shape index (κ2) is 8.68. The number of ketones is 1. The highest BCUT2D eigenvalue weighted by Crippen LogP contribution is 2.42. The Bertz CT molecular complexity index is 1240. The third-order valence-electron chi connectivity index (χ3n) is 7.45. The minimum Gasteiger partial charge on any atom is -0.339 e. The number of carbonyl (C=O) groups is 2. The third-order valence-corrected chi connectivity index (χ3v) is 7.45. The lowest BCUT2D eigenvalue weighted by Gasteiger charge is -2.50. The molecule has 3 aromatic rings. The Morgan fingerprint density at radius 3 is 2.06 bits per heavy atom. The van der Waals surface area contributed by atoms with Gasteiger partial charge in [0, 0.05) is 37.4 Å². The van der Waals surface area contributed by atoms with E-state index in [1.807, 2.05) is 61.6 Å². The minimum absolute atomic E-state index is 0.0544. The smallest absolute Gasteiger partial charge is 0.339 e. The molecular formula is C27H26F3N3O2. The van der Waals surface area contributed by atoms with Crippen molar-refractivity contribution in [2.24, 2.45) is 0 Å². The number of amides is 1. The number of nitrogens with zero attached hydrogens (tertiary/aromatic N) is 3. The summed E-state index contributed by atoms with van der Waals surface area (Å²) in [5.74, 6) is -1.86. The normalized spacial score (nSPS) is 17.9. The Kier molecular flexibility index (Phi) is 5.79. The number of aromatic nitrogens is 1. The summed E-state index contributed by atoms with van der Waals surface area (Å²) in [6, 6.07) is 20.4. The molecule has 3 heterocycles. The Morgan fingerprint density at radius 1 is 0.800 bits per heavy atom. The van der Waals surface area contributed by atoms with E-state index in [1.54, 1.807) is 11.0 Å². The molecule has 1 spiro atoms. The van der Waals surface area contributed by atoms with Crippen LogP contribution in [0.2, 0.25) is 0 Å². The van der Waals surface area contributed by atoms with Gasteiger partial charge in [0.1, 0.15) is 0 Å². The standard InChI is InChI=1S/C27H26F3N3O2/c1-31-17-18-33-22(24(34)27(28,29)30)11-12-23(33)26(31)13-15-32(16-14-26)25(35)21-9-7-20(8-10-21)19-5-3-2-4-6-19/h2-12H,13-18H2,1H3. The minimum atomic E-state index is -4.91. The fourth-order valence-corrected chi connectivity index (χ4v) is 5.45. The lowest BCUT2D eigenvalue weighted by molar-refractivity contribution is -0.0892. The van der Waals surface area contributed by atoms with Gasteiger partial charge >= 0.3 is 6.18 Å². The summed E-state index contributed by atoms with van der Waals surface area (Å²) in [5.41, 5.74) is 2.64. The number of likely N-dealkylation sites (N-methyl/N-ethyl adjacent to an activating group) is 1. The summed E-state index contributed by atoms with van der Waals surface area (Å²) in [7, 11) is 1.96. The molecule has 0 saturated carbocycles. The first-order valence-corrected chi connectivity index (χ1v) is 11.7. The fraction of sp³-hybridized carbons (Fsp3) is 0.333. The van der Waals surface area contributed by atoms with Gasteiger partial charge in [-0.15, -0.1) is 0 Å². The first-order chi connectivity index (χ1) is 16.7. The van der Waals surface area contributed by atoms with Gasteiger partial charge in [-0.05, 0) is 55.3 Å². The first kappa shape index (κ1) is 23.4. The van der Waals surface area contributed by atoms with Crippen LogP contribution in [0.5, 0.6) is 0 Å². The van der Waals surface area contributed by atoms with Crippen molar-refractivity contribution < 1.29 is 22.8 Å². The maximum Gasteiger partial charge on any atom is 0.456 e. The average molecular weight is 482 g/mol. The van der Waals surface area contributed by atoms with Crippen molar-refractivity contribution in [3.05, 3.63) is 83.7 Å². The molecule has 1 amide bonds. The maximum absolute atomic E-state index is 13.2. The van der Waals surface area contributed by atoms with Crippen molar-refractivity contribution in [1.82, 2.24) is 14.4 Å². The zero-order valence-electron chi connectivity index (χ0n) is 19.4. The molecule has 0 atom stereocenters. The number of halogens is 3. The van der Waals surface area contributed by atoms with Gasteiger partial charge in [-0.25, -0.2) is 0 Å². The summed E-state index contributed by atoms with van der Waals surface area (Å²) in [6.07, 6.45) is -3.74. The van der Waals surface area contributed by atoms with Crippen molar-refractivity contribution >= 4 is 11.7 Å². The van der Waals surface area contributed by atoms with Crippen LogP contribution in [-0.2, 0) is 12.1 Å². The highest BCUT2D eigenvalue weighted by molar-refractivity contribution is 5.99. The number of carbonyl (C=O) groups excluding carboxylic acids is 2. The van der Waals surface area contributed by atoms with E-state index < -0.39 is 17.5 Å². The van der Waals surface area contributed by atoms with Gasteiger partial charge in [-0.3, -0.25) is 14.5 Å². The van der Waals surface area contributed by atoms with Crippen LogP contribution in [-0.4, -0.2) is 58.9 Å². The molecule has 2 aromatic carbocycles. The predicted octanol–water partition coefficient (Wildman–Crippen LogP) is 4.98. The molecule has 5 rings (SSSR count). The molecule has 2 aliphatic heterocycles. The highest BCUT2D eigenvalue weighted by Gasteiger charge is 2.47. The summed E-state index contributed by atoms with van der Waals surface area (Å²) in [5, 5.41) is 0. The molecular weight excluding hydrogens is 455 g/mol. The van der Waals surface area contributed by atoms with Crippen LogP contribution in [0, 0.1) is 0 Å². The lowest BCUT2D eigenvalue weighted by atomic mass is 9.81. The molecule has 0 unspecified atom stereocenters. The van der Waals surface area contributed by atoms with Gasteiger partial charge in [-0.2, -0.15) is 13.2 Å². The van der Waals surface area contributed by atoms with Crippen molar-refractivity contribution in [3.63, 3.8) is 0 Å². The van der Waals surface area contributed by atoms with Gasteiger partial charge in [0.25, 0.3) is 11.7 Å². The summed E-state index contributed by atoms with van der Waals surface area (Å²) in [4.78, 5) is 29.1. The number of likely N-dealkylation sites (tertiary alicyclic amines) is 1. The van der Waals surface area contributed by atoms with Gasteiger partial charge in [-0.1, -0.05) is 42.5 Å². The average Bonchev–Trinajstić information content (AvgIpc) is 3.31. The molecule has 1 aromatic heterocycles. The van der Waals surface area contributed by atoms with Gasteiger partial charge in [0.2, 0.25) is 0 Å². The molecule has 0 radical (unpaired) electrons. The molecule has 8 heteroatoms. The quantitative estimate of drug-likeness (QED) is 0.496. The number of alkyl halides is 3. The van der Waals surface area contributed by atoms with Crippen LogP contribution in [0.25, 0.3) is 11.1 Å².